The molecule has 0 unspecified atom stereocenters. The Hall–Kier alpha value is -3.35. The van der Waals surface area contributed by atoms with E-state index in [1.165, 1.54) is 24.3 Å². The third-order valence-electron chi connectivity index (χ3n) is 3.22. The molecule has 4 N–H and O–H groups in total. The number of carbonyl (C=O) groups is 3. The fraction of sp³-hybridized carbons (Fsp3) is 0.118. The molecule has 0 heterocycles. The van der Waals surface area contributed by atoms with Crippen LogP contribution >= 0.6 is 0 Å². The fourth-order valence-electron chi connectivity index (χ4n) is 1.95. The Morgan fingerprint density at radius 2 is 1.75 bits per heavy atom. The Morgan fingerprint density at radius 1 is 1.04 bits per heavy atom. The second-order valence-corrected chi connectivity index (χ2v) is 4.93. The lowest BCUT2D eigenvalue weighted by Gasteiger charge is -2.08. The summed E-state index contributed by atoms with van der Waals surface area (Å²) >= 11 is 0. The van der Waals surface area contributed by atoms with E-state index in [1.54, 1.807) is 25.3 Å². The van der Waals surface area contributed by atoms with Gasteiger partial charge in [-0.1, -0.05) is 12.1 Å². The van der Waals surface area contributed by atoms with Crippen LogP contribution in [0.15, 0.2) is 48.5 Å². The average molecular weight is 327 g/mol. The van der Waals surface area contributed by atoms with Crippen molar-refractivity contribution in [2.24, 2.45) is 5.73 Å². The van der Waals surface area contributed by atoms with Crippen LogP contribution in [0.4, 0.5) is 5.69 Å². The highest BCUT2D eigenvalue weighted by molar-refractivity contribution is 6.39. The maximum Gasteiger partial charge on any atom is 0.313 e. The molecule has 0 aliphatic rings. The summed E-state index contributed by atoms with van der Waals surface area (Å²) in [6.45, 7) is 0.198. The molecule has 0 radical (unpaired) electrons. The third kappa shape index (κ3) is 4.57. The van der Waals surface area contributed by atoms with Gasteiger partial charge in [-0.25, -0.2) is 0 Å². The number of nitrogens with one attached hydrogen (secondary N) is 2. The van der Waals surface area contributed by atoms with Crippen LogP contribution in [0.3, 0.4) is 0 Å². The van der Waals surface area contributed by atoms with Crippen molar-refractivity contribution in [1.82, 2.24) is 5.32 Å². The predicted molar refractivity (Wildman–Crippen MR) is 88.4 cm³/mol. The zero-order chi connectivity index (χ0) is 17.5. The average Bonchev–Trinajstić information content (AvgIpc) is 2.60. The van der Waals surface area contributed by atoms with Crippen LogP contribution in [-0.4, -0.2) is 24.8 Å². The number of hydrogen-bond donors (Lipinski definition) is 3. The van der Waals surface area contributed by atoms with Crippen LogP contribution in [0.1, 0.15) is 15.9 Å². The minimum absolute atomic E-state index is 0.198. The van der Waals surface area contributed by atoms with E-state index in [0.717, 1.165) is 5.56 Å². The quantitative estimate of drug-likeness (QED) is 0.713. The highest BCUT2D eigenvalue weighted by Crippen LogP contribution is 2.12. The second kappa shape index (κ2) is 7.77. The highest BCUT2D eigenvalue weighted by atomic mass is 16.5. The number of primary amides is 1. The number of carbonyl (C=O) groups excluding carboxylic acids is 3. The predicted octanol–water partition coefficient (Wildman–Crippen LogP) is 1.05. The normalized spacial score (nSPS) is 9.88. The summed E-state index contributed by atoms with van der Waals surface area (Å²) in [5.74, 6) is -1.47. The first-order chi connectivity index (χ1) is 11.5. The summed E-state index contributed by atoms with van der Waals surface area (Å²) in [6, 6.07) is 13.1. The summed E-state index contributed by atoms with van der Waals surface area (Å²) in [5.41, 5.74) is 6.64. The number of amides is 3. The molecule has 0 saturated heterocycles. The number of anilines is 1. The smallest absolute Gasteiger partial charge is 0.313 e. The number of benzene rings is 2. The van der Waals surface area contributed by atoms with Crippen molar-refractivity contribution in [3.8, 4) is 5.75 Å². The zero-order valence-corrected chi connectivity index (χ0v) is 13.0. The van der Waals surface area contributed by atoms with Crippen molar-refractivity contribution in [1.29, 1.82) is 0 Å². The van der Waals surface area contributed by atoms with E-state index in [-0.39, 0.29) is 6.54 Å². The number of hydrogen-bond acceptors (Lipinski definition) is 4. The van der Waals surface area contributed by atoms with Gasteiger partial charge in [0.2, 0.25) is 5.91 Å². The molecule has 124 valence electrons. The van der Waals surface area contributed by atoms with Crippen molar-refractivity contribution < 1.29 is 19.1 Å². The molecule has 0 aliphatic heterocycles. The van der Waals surface area contributed by atoms with Crippen molar-refractivity contribution in [3.05, 3.63) is 59.7 Å². The molecular formula is C17H17N3O4. The zero-order valence-electron chi connectivity index (χ0n) is 13.0. The van der Waals surface area contributed by atoms with E-state index in [9.17, 15) is 14.4 Å². The first kappa shape index (κ1) is 17.0. The summed E-state index contributed by atoms with van der Waals surface area (Å²) < 4.78 is 5.09. The summed E-state index contributed by atoms with van der Waals surface area (Å²) in [6.07, 6.45) is 0. The third-order valence-corrected chi connectivity index (χ3v) is 3.22. The van der Waals surface area contributed by atoms with Crippen LogP contribution in [0.25, 0.3) is 0 Å². The molecule has 0 saturated carbocycles. The van der Waals surface area contributed by atoms with Gasteiger partial charge in [0.1, 0.15) is 5.75 Å². The molecule has 0 spiro atoms. The van der Waals surface area contributed by atoms with Gasteiger partial charge in [-0.2, -0.15) is 0 Å². The molecule has 7 heteroatoms. The first-order valence-electron chi connectivity index (χ1n) is 7.11. The number of methoxy groups -OCH3 is 1. The van der Waals surface area contributed by atoms with Gasteiger partial charge < -0.3 is 21.1 Å². The van der Waals surface area contributed by atoms with E-state index >= 15 is 0 Å². The van der Waals surface area contributed by atoms with E-state index < -0.39 is 17.7 Å². The van der Waals surface area contributed by atoms with Gasteiger partial charge >= 0.3 is 11.8 Å². The molecule has 2 rings (SSSR count). The molecule has 0 atom stereocenters. The van der Waals surface area contributed by atoms with Gasteiger partial charge in [0.25, 0.3) is 0 Å². The SMILES string of the molecule is COc1cccc(CNC(=O)C(=O)Nc2ccc(C(N)=O)cc2)c1. The van der Waals surface area contributed by atoms with Gasteiger partial charge in [0.15, 0.2) is 0 Å². The molecule has 0 aliphatic carbocycles. The maximum atomic E-state index is 11.8. The molecule has 0 bridgehead atoms. The highest BCUT2D eigenvalue weighted by Gasteiger charge is 2.13. The summed E-state index contributed by atoms with van der Waals surface area (Å²) in [4.78, 5) is 34.6. The first-order valence-corrected chi connectivity index (χ1v) is 7.11. The van der Waals surface area contributed by atoms with Gasteiger partial charge in [-0.05, 0) is 42.0 Å². The summed E-state index contributed by atoms with van der Waals surface area (Å²) in [7, 11) is 1.55. The topological polar surface area (TPSA) is 111 Å². The number of nitrogens with two attached hydrogens (primary N) is 1. The van der Waals surface area contributed by atoms with Crippen LogP contribution in [-0.2, 0) is 16.1 Å². The molecule has 7 nitrogen and oxygen atoms in total. The second-order valence-electron chi connectivity index (χ2n) is 4.93. The van der Waals surface area contributed by atoms with Crippen molar-refractivity contribution in [2.45, 2.75) is 6.54 Å². The molecule has 3 amide bonds. The number of ether oxygens (including phenoxy) is 1. The van der Waals surface area contributed by atoms with Crippen molar-refractivity contribution >= 4 is 23.4 Å². The Bertz CT molecular complexity index is 757. The molecule has 0 aromatic heterocycles. The van der Waals surface area contributed by atoms with E-state index in [4.69, 9.17) is 10.5 Å². The Morgan fingerprint density at radius 3 is 2.38 bits per heavy atom. The lowest BCUT2D eigenvalue weighted by atomic mass is 10.2. The molecule has 24 heavy (non-hydrogen) atoms. The molecule has 2 aromatic rings. The van der Waals surface area contributed by atoms with Crippen molar-refractivity contribution in [2.75, 3.05) is 12.4 Å². The lowest BCUT2D eigenvalue weighted by Crippen LogP contribution is -2.34. The van der Waals surface area contributed by atoms with Gasteiger partial charge in [-0.3, -0.25) is 14.4 Å². The molecular weight excluding hydrogens is 310 g/mol. The maximum absolute atomic E-state index is 11.8. The molecule has 0 fully saturated rings. The Kier molecular flexibility index (Phi) is 5.51. The van der Waals surface area contributed by atoms with Crippen molar-refractivity contribution in [3.63, 3.8) is 0 Å². The number of rotatable bonds is 5. The standard InChI is InChI=1S/C17H17N3O4/c1-24-14-4-2-3-11(9-14)10-19-16(22)17(23)20-13-7-5-12(6-8-13)15(18)21/h2-9H,10H2,1H3,(H2,18,21)(H,19,22)(H,20,23). The Labute approximate surface area is 138 Å². The largest absolute Gasteiger partial charge is 0.497 e. The lowest BCUT2D eigenvalue weighted by molar-refractivity contribution is -0.136. The van der Waals surface area contributed by atoms with Gasteiger partial charge in [-0.15, -0.1) is 0 Å². The van der Waals surface area contributed by atoms with Crippen LogP contribution in [0, 0.1) is 0 Å². The molecule has 2 aromatic carbocycles. The van der Waals surface area contributed by atoms with Crippen LogP contribution in [0.5, 0.6) is 5.75 Å². The van der Waals surface area contributed by atoms with Crippen LogP contribution in [0.2, 0.25) is 0 Å². The minimum atomic E-state index is -0.801. The van der Waals surface area contributed by atoms with E-state index in [0.29, 0.717) is 17.0 Å². The van der Waals surface area contributed by atoms with Gasteiger partial charge in [0, 0.05) is 17.8 Å². The minimum Gasteiger partial charge on any atom is -0.497 e. The van der Waals surface area contributed by atoms with E-state index in [1.807, 2.05) is 6.07 Å². The van der Waals surface area contributed by atoms with E-state index in [2.05, 4.69) is 10.6 Å². The fourth-order valence-corrected chi connectivity index (χ4v) is 1.95. The monoisotopic (exact) mass is 327 g/mol. The van der Waals surface area contributed by atoms with Crippen LogP contribution < -0.4 is 21.1 Å². The van der Waals surface area contributed by atoms with Gasteiger partial charge in [0.05, 0.1) is 7.11 Å². The summed E-state index contributed by atoms with van der Waals surface area (Å²) in [5, 5.41) is 4.96. The Balaban J connectivity index is 1.89.